The Hall–Kier alpha value is -3.55. The fraction of sp³-hybridized carbons (Fsp3) is 0.318. The van der Waals surface area contributed by atoms with Gasteiger partial charge < -0.3 is 19.5 Å². The Morgan fingerprint density at radius 3 is 2.53 bits per heavy atom. The van der Waals surface area contributed by atoms with Crippen molar-refractivity contribution < 1.29 is 28.6 Å². The topological polar surface area (TPSA) is 94.2 Å². The Bertz CT molecular complexity index is 941. The second-order valence-corrected chi connectivity index (χ2v) is 6.78. The highest BCUT2D eigenvalue weighted by atomic mass is 16.5. The molecule has 158 valence electrons. The maximum Gasteiger partial charge on any atom is 0.265 e. The van der Waals surface area contributed by atoms with Gasteiger partial charge in [0.05, 0.1) is 19.3 Å². The zero-order valence-electron chi connectivity index (χ0n) is 17.1. The molecule has 1 aliphatic rings. The third-order valence-corrected chi connectivity index (χ3v) is 4.74. The van der Waals surface area contributed by atoms with Crippen molar-refractivity contribution in [2.45, 2.75) is 19.9 Å². The molecule has 1 heterocycles. The molecule has 0 bridgehead atoms. The summed E-state index contributed by atoms with van der Waals surface area (Å²) in [4.78, 5) is 38.2. The first-order valence-corrected chi connectivity index (χ1v) is 9.55. The SMILES string of the molecule is COc1ccc(OCCNC(=O)C(C)N2C(=O)COc3ccc(C(C)=O)cc32)cc1. The monoisotopic (exact) mass is 412 g/mol. The first-order chi connectivity index (χ1) is 14.4. The van der Waals surface area contributed by atoms with Gasteiger partial charge in [0.15, 0.2) is 12.4 Å². The van der Waals surface area contributed by atoms with Crippen LogP contribution in [0.1, 0.15) is 24.2 Å². The quantitative estimate of drug-likeness (QED) is 0.528. The molecule has 0 fully saturated rings. The maximum absolute atomic E-state index is 12.6. The summed E-state index contributed by atoms with van der Waals surface area (Å²) < 4.78 is 16.1. The number of hydrogen-bond donors (Lipinski definition) is 1. The molecule has 0 aliphatic carbocycles. The van der Waals surface area contributed by atoms with E-state index >= 15 is 0 Å². The van der Waals surface area contributed by atoms with E-state index in [9.17, 15) is 14.4 Å². The van der Waals surface area contributed by atoms with Crippen LogP contribution in [0.5, 0.6) is 17.2 Å². The van der Waals surface area contributed by atoms with Crippen molar-refractivity contribution in [2.24, 2.45) is 0 Å². The fourth-order valence-corrected chi connectivity index (χ4v) is 3.09. The number of nitrogens with zero attached hydrogens (tertiary/aromatic N) is 1. The lowest BCUT2D eigenvalue weighted by Gasteiger charge is -2.33. The van der Waals surface area contributed by atoms with Crippen molar-refractivity contribution in [1.82, 2.24) is 5.32 Å². The van der Waals surface area contributed by atoms with Gasteiger partial charge in [0.1, 0.15) is 29.9 Å². The second-order valence-electron chi connectivity index (χ2n) is 6.78. The number of ether oxygens (including phenoxy) is 3. The summed E-state index contributed by atoms with van der Waals surface area (Å²) in [6.07, 6.45) is 0. The highest BCUT2D eigenvalue weighted by Gasteiger charge is 2.33. The van der Waals surface area contributed by atoms with Crippen LogP contribution in [0.15, 0.2) is 42.5 Å². The van der Waals surface area contributed by atoms with E-state index in [1.807, 2.05) is 0 Å². The largest absolute Gasteiger partial charge is 0.497 e. The Morgan fingerprint density at radius 1 is 1.17 bits per heavy atom. The lowest BCUT2D eigenvalue weighted by Crippen LogP contribution is -2.52. The molecule has 0 radical (unpaired) electrons. The Morgan fingerprint density at radius 2 is 1.87 bits per heavy atom. The van der Waals surface area contributed by atoms with E-state index in [1.54, 1.807) is 56.5 Å². The molecule has 1 N–H and O–H groups in total. The molecule has 2 amide bonds. The van der Waals surface area contributed by atoms with Crippen LogP contribution in [0.4, 0.5) is 5.69 Å². The van der Waals surface area contributed by atoms with E-state index in [-0.39, 0.29) is 37.4 Å². The van der Waals surface area contributed by atoms with E-state index in [0.29, 0.717) is 22.7 Å². The number of carbonyl (C=O) groups excluding carboxylic acids is 3. The Kier molecular flexibility index (Phi) is 6.56. The molecule has 2 aromatic rings. The first kappa shape index (κ1) is 21.2. The zero-order chi connectivity index (χ0) is 21.7. The van der Waals surface area contributed by atoms with Crippen LogP contribution in [0.25, 0.3) is 0 Å². The molecule has 0 spiro atoms. The van der Waals surface area contributed by atoms with Crippen molar-refractivity contribution in [3.05, 3.63) is 48.0 Å². The van der Waals surface area contributed by atoms with Crippen LogP contribution >= 0.6 is 0 Å². The van der Waals surface area contributed by atoms with Crippen LogP contribution in [-0.2, 0) is 9.59 Å². The van der Waals surface area contributed by atoms with E-state index < -0.39 is 6.04 Å². The van der Waals surface area contributed by atoms with Crippen LogP contribution in [0.3, 0.4) is 0 Å². The number of methoxy groups -OCH3 is 1. The molecule has 0 saturated carbocycles. The summed E-state index contributed by atoms with van der Waals surface area (Å²) in [6, 6.07) is 11.2. The summed E-state index contributed by atoms with van der Waals surface area (Å²) in [5.41, 5.74) is 0.855. The van der Waals surface area contributed by atoms with Gasteiger partial charge in [-0.25, -0.2) is 0 Å². The third kappa shape index (κ3) is 4.71. The number of Topliss-reactive ketones (excluding diaryl/α,β-unsaturated/α-hetero) is 1. The van der Waals surface area contributed by atoms with Crippen LogP contribution in [0, 0.1) is 0 Å². The predicted molar refractivity (Wildman–Crippen MR) is 110 cm³/mol. The smallest absolute Gasteiger partial charge is 0.265 e. The first-order valence-electron chi connectivity index (χ1n) is 9.55. The molecule has 0 aromatic heterocycles. The number of benzene rings is 2. The zero-order valence-corrected chi connectivity index (χ0v) is 17.1. The van der Waals surface area contributed by atoms with Crippen molar-refractivity contribution in [3.8, 4) is 17.2 Å². The fourth-order valence-electron chi connectivity index (χ4n) is 3.09. The summed E-state index contributed by atoms with van der Waals surface area (Å²) in [5.74, 6) is 1.04. The van der Waals surface area contributed by atoms with Gasteiger partial charge in [0.25, 0.3) is 5.91 Å². The molecule has 1 atom stereocenters. The van der Waals surface area contributed by atoms with Gasteiger partial charge in [0, 0.05) is 5.56 Å². The standard InChI is InChI=1S/C22H24N2O6/c1-14(22(27)23-10-11-29-18-7-5-17(28-3)6-8-18)24-19-12-16(15(2)25)4-9-20(19)30-13-21(24)26/h4-9,12,14H,10-11,13H2,1-3H3,(H,23,27). The normalized spacial score (nSPS) is 13.7. The number of amides is 2. The van der Waals surface area contributed by atoms with Gasteiger partial charge in [-0.3, -0.25) is 19.3 Å². The number of rotatable bonds is 8. The molecule has 30 heavy (non-hydrogen) atoms. The summed E-state index contributed by atoms with van der Waals surface area (Å²) >= 11 is 0. The van der Waals surface area contributed by atoms with Crippen molar-refractivity contribution in [2.75, 3.05) is 31.8 Å². The van der Waals surface area contributed by atoms with Crippen LogP contribution < -0.4 is 24.4 Å². The molecule has 8 nitrogen and oxygen atoms in total. The number of carbonyl (C=O) groups is 3. The Labute approximate surface area is 174 Å². The van der Waals surface area contributed by atoms with Gasteiger partial charge in [-0.15, -0.1) is 0 Å². The van der Waals surface area contributed by atoms with E-state index in [0.717, 1.165) is 5.75 Å². The average Bonchev–Trinajstić information content (AvgIpc) is 2.76. The molecular formula is C22H24N2O6. The summed E-state index contributed by atoms with van der Waals surface area (Å²) in [6.45, 7) is 3.45. The van der Waals surface area contributed by atoms with Crippen LogP contribution in [-0.4, -0.2) is 50.5 Å². The maximum atomic E-state index is 12.6. The van der Waals surface area contributed by atoms with Crippen molar-refractivity contribution in [3.63, 3.8) is 0 Å². The lowest BCUT2D eigenvalue weighted by molar-refractivity contribution is -0.127. The van der Waals surface area contributed by atoms with Crippen LogP contribution in [0.2, 0.25) is 0 Å². The van der Waals surface area contributed by atoms with Gasteiger partial charge >= 0.3 is 0 Å². The minimum Gasteiger partial charge on any atom is -0.497 e. The molecule has 1 unspecified atom stereocenters. The number of hydrogen-bond acceptors (Lipinski definition) is 6. The minimum atomic E-state index is -0.775. The predicted octanol–water partition coefficient (Wildman–Crippen LogP) is 2.21. The molecule has 1 aliphatic heterocycles. The summed E-state index contributed by atoms with van der Waals surface area (Å²) in [5, 5.41) is 2.77. The number of fused-ring (bicyclic) bond motifs is 1. The minimum absolute atomic E-state index is 0.136. The summed E-state index contributed by atoms with van der Waals surface area (Å²) in [7, 11) is 1.59. The van der Waals surface area contributed by atoms with Crippen molar-refractivity contribution in [1.29, 1.82) is 0 Å². The molecule has 3 rings (SSSR count). The van der Waals surface area contributed by atoms with Gasteiger partial charge in [-0.1, -0.05) is 0 Å². The molecule has 0 saturated heterocycles. The highest BCUT2D eigenvalue weighted by molar-refractivity contribution is 6.05. The molecule has 8 heteroatoms. The van der Waals surface area contributed by atoms with Gasteiger partial charge in [-0.05, 0) is 56.3 Å². The Balaban J connectivity index is 1.60. The molecular weight excluding hydrogens is 388 g/mol. The van der Waals surface area contributed by atoms with Gasteiger partial charge in [-0.2, -0.15) is 0 Å². The lowest BCUT2D eigenvalue weighted by atomic mass is 10.1. The number of ketones is 1. The molecule has 2 aromatic carbocycles. The van der Waals surface area contributed by atoms with E-state index in [4.69, 9.17) is 14.2 Å². The van der Waals surface area contributed by atoms with Crippen molar-refractivity contribution >= 4 is 23.3 Å². The number of nitrogens with one attached hydrogen (secondary N) is 1. The highest BCUT2D eigenvalue weighted by Crippen LogP contribution is 2.34. The number of anilines is 1. The second kappa shape index (κ2) is 9.30. The van der Waals surface area contributed by atoms with E-state index in [1.165, 1.54) is 11.8 Å². The van der Waals surface area contributed by atoms with E-state index in [2.05, 4.69) is 5.32 Å². The third-order valence-electron chi connectivity index (χ3n) is 4.74. The average molecular weight is 412 g/mol. The van der Waals surface area contributed by atoms with Gasteiger partial charge in [0.2, 0.25) is 5.91 Å².